The Hall–Kier alpha value is -1.58. The minimum Gasteiger partial charge on any atom is -0.309 e. The third-order valence-electron chi connectivity index (χ3n) is 3.01. The van der Waals surface area contributed by atoms with Crippen LogP contribution in [0.15, 0.2) is 35.3 Å². The zero-order chi connectivity index (χ0) is 12.9. The lowest BCUT2D eigenvalue weighted by Crippen LogP contribution is -2.16. The van der Waals surface area contributed by atoms with E-state index in [2.05, 4.69) is 4.98 Å². The van der Waals surface area contributed by atoms with Gasteiger partial charge in [0.25, 0.3) is 5.56 Å². The molecule has 2 aromatic heterocycles. The maximum Gasteiger partial charge on any atom is 0.252 e. The molecule has 0 fully saturated rings. The van der Waals surface area contributed by atoms with Gasteiger partial charge in [0.1, 0.15) is 0 Å². The largest absolute Gasteiger partial charge is 0.309 e. The third-order valence-corrected chi connectivity index (χ3v) is 3.65. The first-order valence-corrected chi connectivity index (χ1v) is 6.07. The average Bonchev–Trinajstić information content (AvgIpc) is 2.35. The molecule has 0 atom stereocenters. The van der Waals surface area contributed by atoms with E-state index in [9.17, 15) is 4.79 Å². The van der Waals surface area contributed by atoms with E-state index in [1.165, 1.54) is 10.6 Å². The van der Waals surface area contributed by atoms with Crippen molar-refractivity contribution in [2.45, 2.75) is 0 Å². The van der Waals surface area contributed by atoms with E-state index in [0.29, 0.717) is 21.1 Å². The number of pyridine rings is 2. The number of fused-ring (bicyclic) bond motifs is 3. The monoisotopic (exact) mass is 278 g/mol. The second kappa shape index (κ2) is 3.97. The first kappa shape index (κ1) is 11.5. The van der Waals surface area contributed by atoms with Crippen LogP contribution in [0.4, 0.5) is 0 Å². The van der Waals surface area contributed by atoms with E-state index >= 15 is 0 Å². The molecular formula is C13H8Cl2N2O. The molecule has 0 amide bonds. The molecule has 0 saturated carbocycles. The third kappa shape index (κ3) is 1.51. The van der Waals surface area contributed by atoms with Crippen LogP contribution in [0.1, 0.15) is 0 Å². The predicted molar refractivity (Wildman–Crippen MR) is 74.5 cm³/mol. The summed E-state index contributed by atoms with van der Waals surface area (Å²) in [5.41, 5.74) is 1.22. The number of halogens is 2. The maximum absolute atomic E-state index is 11.8. The minimum atomic E-state index is -0.165. The lowest BCUT2D eigenvalue weighted by Gasteiger charge is -2.09. The summed E-state index contributed by atoms with van der Waals surface area (Å²) in [7, 11) is 1.70. The second-order valence-electron chi connectivity index (χ2n) is 4.04. The molecule has 0 aliphatic carbocycles. The fourth-order valence-corrected chi connectivity index (χ4v) is 2.55. The van der Waals surface area contributed by atoms with Gasteiger partial charge in [0.05, 0.1) is 21.1 Å². The van der Waals surface area contributed by atoms with Crippen LogP contribution in [0.2, 0.25) is 10.0 Å². The minimum absolute atomic E-state index is 0.165. The van der Waals surface area contributed by atoms with Crippen LogP contribution in [-0.2, 0) is 7.05 Å². The molecular weight excluding hydrogens is 271 g/mol. The molecule has 3 nitrogen and oxygen atoms in total. The summed E-state index contributed by atoms with van der Waals surface area (Å²) >= 11 is 12.2. The Kier molecular flexibility index (Phi) is 2.54. The van der Waals surface area contributed by atoms with Crippen molar-refractivity contribution < 1.29 is 0 Å². The molecule has 0 bridgehead atoms. The highest BCUT2D eigenvalue weighted by molar-refractivity contribution is 6.38. The van der Waals surface area contributed by atoms with Crippen molar-refractivity contribution >= 4 is 45.0 Å². The van der Waals surface area contributed by atoms with Gasteiger partial charge in [0.2, 0.25) is 0 Å². The Bertz CT molecular complexity index is 840. The van der Waals surface area contributed by atoms with Crippen LogP contribution in [-0.4, -0.2) is 9.55 Å². The van der Waals surface area contributed by atoms with Crippen LogP contribution in [0.3, 0.4) is 0 Å². The standard InChI is InChI=1S/C13H8Cl2N2O/c1-17-11(18)6-10(15)8-3-2-7-9(14)4-5-16-12(7)13(8)17/h2-6H,1H3. The second-order valence-corrected chi connectivity index (χ2v) is 4.85. The predicted octanol–water partition coefficient (Wildman–Crippen LogP) is 3.39. The number of aromatic nitrogens is 2. The van der Waals surface area contributed by atoms with Crippen molar-refractivity contribution in [3.05, 3.63) is 50.9 Å². The van der Waals surface area contributed by atoms with Gasteiger partial charge in [-0.3, -0.25) is 9.78 Å². The van der Waals surface area contributed by atoms with Crippen molar-refractivity contribution in [3.63, 3.8) is 0 Å². The summed E-state index contributed by atoms with van der Waals surface area (Å²) in [5, 5.41) is 2.64. The molecule has 3 rings (SSSR count). The summed E-state index contributed by atoms with van der Waals surface area (Å²) < 4.78 is 1.53. The summed E-state index contributed by atoms with van der Waals surface area (Å²) in [6.45, 7) is 0. The van der Waals surface area contributed by atoms with Gasteiger partial charge >= 0.3 is 0 Å². The van der Waals surface area contributed by atoms with E-state index in [1.54, 1.807) is 19.3 Å². The zero-order valence-corrected chi connectivity index (χ0v) is 11.0. The number of rotatable bonds is 0. The molecule has 0 saturated heterocycles. The van der Waals surface area contributed by atoms with E-state index in [4.69, 9.17) is 23.2 Å². The molecule has 0 radical (unpaired) electrons. The number of hydrogen-bond acceptors (Lipinski definition) is 2. The lowest BCUT2D eigenvalue weighted by atomic mass is 10.1. The SMILES string of the molecule is Cn1c(=O)cc(Cl)c2ccc3c(Cl)ccnc3c21. The highest BCUT2D eigenvalue weighted by atomic mass is 35.5. The number of aryl methyl sites for hydroxylation is 1. The first-order chi connectivity index (χ1) is 8.59. The Labute approximate surface area is 113 Å². The van der Waals surface area contributed by atoms with Crippen LogP contribution in [0, 0.1) is 0 Å². The highest BCUT2D eigenvalue weighted by Gasteiger charge is 2.11. The van der Waals surface area contributed by atoms with Crippen LogP contribution >= 0.6 is 23.2 Å². The molecule has 0 spiro atoms. The fourth-order valence-electron chi connectivity index (χ4n) is 2.10. The van der Waals surface area contributed by atoms with Crippen LogP contribution < -0.4 is 5.56 Å². The molecule has 2 heterocycles. The average molecular weight is 279 g/mol. The Morgan fingerprint density at radius 2 is 1.83 bits per heavy atom. The summed E-state index contributed by atoms with van der Waals surface area (Å²) in [6.07, 6.45) is 1.62. The first-order valence-electron chi connectivity index (χ1n) is 5.32. The molecule has 5 heteroatoms. The fraction of sp³-hybridized carbons (Fsp3) is 0.0769. The number of benzene rings is 1. The quantitative estimate of drug-likeness (QED) is 0.591. The number of nitrogens with zero attached hydrogens (tertiary/aromatic N) is 2. The van der Waals surface area contributed by atoms with Gasteiger partial charge in [-0.25, -0.2) is 0 Å². The van der Waals surface area contributed by atoms with Crippen molar-refractivity contribution in [2.24, 2.45) is 7.05 Å². The number of hydrogen-bond donors (Lipinski definition) is 0. The van der Waals surface area contributed by atoms with Crippen LogP contribution in [0.5, 0.6) is 0 Å². The molecule has 90 valence electrons. The summed E-state index contributed by atoms with van der Waals surface area (Å²) in [6, 6.07) is 6.84. The van der Waals surface area contributed by atoms with Crippen molar-refractivity contribution in [1.29, 1.82) is 0 Å². The molecule has 0 aliphatic rings. The van der Waals surface area contributed by atoms with E-state index in [0.717, 1.165) is 10.8 Å². The molecule has 0 aliphatic heterocycles. The Morgan fingerprint density at radius 1 is 1.11 bits per heavy atom. The summed E-state index contributed by atoms with van der Waals surface area (Å²) in [4.78, 5) is 16.1. The molecule has 0 unspecified atom stereocenters. The Balaban J connectivity index is 2.70. The maximum atomic E-state index is 11.8. The topological polar surface area (TPSA) is 34.9 Å². The molecule has 0 N–H and O–H groups in total. The van der Waals surface area contributed by atoms with E-state index in [-0.39, 0.29) is 5.56 Å². The zero-order valence-electron chi connectivity index (χ0n) is 9.45. The van der Waals surface area contributed by atoms with Crippen LogP contribution in [0.25, 0.3) is 21.8 Å². The lowest BCUT2D eigenvalue weighted by molar-refractivity contribution is 0.908. The van der Waals surface area contributed by atoms with Crippen molar-refractivity contribution in [2.75, 3.05) is 0 Å². The molecule has 1 aromatic carbocycles. The smallest absolute Gasteiger partial charge is 0.252 e. The highest BCUT2D eigenvalue weighted by Crippen LogP contribution is 2.30. The van der Waals surface area contributed by atoms with Gasteiger partial charge in [-0.2, -0.15) is 0 Å². The van der Waals surface area contributed by atoms with Gasteiger partial charge in [-0.15, -0.1) is 0 Å². The summed E-state index contributed by atoms with van der Waals surface area (Å²) in [5.74, 6) is 0. The molecule has 18 heavy (non-hydrogen) atoms. The van der Waals surface area contributed by atoms with Gasteiger partial charge in [0, 0.05) is 30.1 Å². The Morgan fingerprint density at radius 3 is 2.61 bits per heavy atom. The normalized spacial score (nSPS) is 11.3. The van der Waals surface area contributed by atoms with Crippen molar-refractivity contribution in [3.8, 4) is 0 Å². The van der Waals surface area contributed by atoms with E-state index in [1.807, 2.05) is 12.1 Å². The van der Waals surface area contributed by atoms with Gasteiger partial charge < -0.3 is 4.57 Å². The van der Waals surface area contributed by atoms with E-state index < -0.39 is 0 Å². The van der Waals surface area contributed by atoms with Gasteiger partial charge in [-0.05, 0) is 6.07 Å². The molecule has 3 aromatic rings. The van der Waals surface area contributed by atoms with Gasteiger partial charge in [-0.1, -0.05) is 35.3 Å². The van der Waals surface area contributed by atoms with Gasteiger partial charge in [0.15, 0.2) is 0 Å². The van der Waals surface area contributed by atoms with Crippen molar-refractivity contribution in [1.82, 2.24) is 9.55 Å².